The van der Waals surface area contributed by atoms with Crippen LogP contribution in [0.25, 0.3) is 0 Å². The average Bonchev–Trinajstić information content (AvgIpc) is 3.37. The topological polar surface area (TPSA) is 115 Å². The Balaban J connectivity index is 1.85. The first-order valence-corrected chi connectivity index (χ1v) is 9.57. The number of amides is 2. The van der Waals surface area contributed by atoms with Crippen LogP contribution in [0.2, 0.25) is 0 Å². The lowest BCUT2D eigenvalue weighted by Crippen LogP contribution is -2.50. The first-order valence-electron chi connectivity index (χ1n) is 9.57. The van der Waals surface area contributed by atoms with E-state index in [1.165, 1.54) is 24.5 Å². The molecule has 1 aromatic heterocycles. The van der Waals surface area contributed by atoms with E-state index in [1.807, 2.05) is 6.92 Å². The van der Waals surface area contributed by atoms with Gasteiger partial charge in [0.2, 0.25) is 6.54 Å². The van der Waals surface area contributed by atoms with Crippen molar-refractivity contribution in [1.82, 2.24) is 14.7 Å². The van der Waals surface area contributed by atoms with Crippen molar-refractivity contribution in [3.8, 4) is 0 Å². The SMILES string of the molecule is Cc1ccc([C@H](C(=O)n2cccn2)[C@H](C[N+](=O)[O-])N2C(=O)c3ccccc3C2=O)cc1. The molecule has 0 unspecified atom stereocenters. The van der Waals surface area contributed by atoms with Gasteiger partial charge in [0.05, 0.1) is 17.0 Å². The van der Waals surface area contributed by atoms with Gasteiger partial charge in [0.15, 0.2) is 0 Å². The zero-order valence-electron chi connectivity index (χ0n) is 16.5. The molecule has 0 fully saturated rings. The minimum Gasteiger partial charge on any atom is -0.272 e. The van der Waals surface area contributed by atoms with Crippen LogP contribution >= 0.6 is 0 Å². The third kappa shape index (κ3) is 3.61. The Hall–Kier alpha value is -4.14. The van der Waals surface area contributed by atoms with E-state index in [-0.39, 0.29) is 11.1 Å². The van der Waals surface area contributed by atoms with Gasteiger partial charge >= 0.3 is 0 Å². The van der Waals surface area contributed by atoms with Gasteiger partial charge in [-0.05, 0) is 30.7 Å². The van der Waals surface area contributed by atoms with Crippen LogP contribution in [-0.4, -0.2) is 49.9 Å². The maximum Gasteiger partial charge on any atom is 0.262 e. The van der Waals surface area contributed by atoms with Crippen molar-refractivity contribution < 1.29 is 19.3 Å². The molecule has 2 aromatic carbocycles. The highest BCUT2D eigenvalue weighted by atomic mass is 16.6. The van der Waals surface area contributed by atoms with E-state index < -0.39 is 41.1 Å². The third-order valence-electron chi connectivity index (χ3n) is 5.31. The maximum atomic E-state index is 13.4. The summed E-state index contributed by atoms with van der Waals surface area (Å²) < 4.78 is 1.07. The minimum atomic E-state index is -1.33. The second-order valence-electron chi connectivity index (χ2n) is 7.29. The van der Waals surface area contributed by atoms with Crippen LogP contribution in [0.5, 0.6) is 0 Å². The molecule has 0 bridgehead atoms. The summed E-state index contributed by atoms with van der Waals surface area (Å²) in [6.45, 7) is 1.09. The predicted octanol–water partition coefficient (Wildman–Crippen LogP) is 2.56. The van der Waals surface area contributed by atoms with Gasteiger partial charge in [-0.3, -0.25) is 29.4 Å². The first kappa shape index (κ1) is 20.1. The number of aryl methyl sites for hydroxylation is 1. The summed E-state index contributed by atoms with van der Waals surface area (Å²) in [5.41, 5.74) is 1.71. The first-order chi connectivity index (χ1) is 14.9. The van der Waals surface area contributed by atoms with E-state index in [4.69, 9.17) is 0 Å². The molecule has 31 heavy (non-hydrogen) atoms. The molecule has 156 valence electrons. The van der Waals surface area contributed by atoms with Gasteiger partial charge in [-0.25, -0.2) is 4.68 Å². The second-order valence-corrected chi connectivity index (χ2v) is 7.29. The lowest BCUT2D eigenvalue weighted by molar-refractivity contribution is -0.485. The number of hydrogen-bond acceptors (Lipinski definition) is 6. The molecule has 0 saturated carbocycles. The van der Waals surface area contributed by atoms with Gasteiger partial charge in [-0.2, -0.15) is 5.10 Å². The zero-order chi connectivity index (χ0) is 22.1. The summed E-state index contributed by atoms with van der Waals surface area (Å²) in [5.74, 6) is -3.05. The Labute approximate surface area is 177 Å². The number of fused-ring (bicyclic) bond motifs is 1. The number of imide groups is 1. The molecule has 0 saturated heterocycles. The molecule has 9 heteroatoms. The summed E-state index contributed by atoms with van der Waals surface area (Å²) in [4.78, 5) is 51.3. The van der Waals surface area contributed by atoms with Crippen LogP contribution in [0.3, 0.4) is 0 Å². The average molecular weight is 418 g/mol. The van der Waals surface area contributed by atoms with Crippen LogP contribution in [0.4, 0.5) is 0 Å². The Morgan fingerprint density at radius 1 is 1.03 bits per heavy atom. The molecule has 0 radical (unpaired) electrons. The van der Waals surface area contributed by atoms with Gasteiger partial charge in [0, 0.05) is 17.3 Å². The molecule has 2 atom stereocenters. The molecule has 2 amide bonds. The number of rotatable bonds is 6. The summed E-state index contributed by atoms with van der Waals surface area (Å²) >= 11 is 0. The fraction of sp³-hybridized carbons (Fsp3) is 0.182. The van der Waals surface area contributed by atoms with Gasteiger partial charge < -0.3 is 0 Å². The molecule has 0 N–H and O–H groups in total. The van der Waals surface area contributed by atoms with E-state index in [2.05, 4.69) is 5.10 Å². The number of nitro groups is 1. The Kier molecular flexibility index (Phi) is 5.16. The predicted molar refractivity (Wildman–Crippen MR) is 109 cm³/mol. The molecule has 4 rings (SSSR count). The molecule has 0 aliphatic carbocycles. The Morgan fingerprint density at radius 3 is 2.16 bits per heavy atom. The van der Waals surface area contributed by atoms with Crippen LogP contribution in [0, 0.1) is 17.0 Å². The normalized spacial score (nSPS) is 14.9. The Morgan fingerprint density at radius 2 is 1.65 bits per heavy atom. The number of aromatic nitrogens is 2. The highest BCUT2D eigenvalue weighted by Crippen LogP contribution is 2.32. The molecule has 9 nitrogen and oxygen atoms in total. The largest absolute Gasteiger partial charge is 0.272 e. The van der Waals surface area contributed by atoms with E-state index in [9.17, 15) is 24.5 Å². The standard InChI is InChI=1S/C22H18N4O5/c1-14-7-9-15(10-8-14)19(22(29)24-12-4-11-23-24)18(13-25(30)31)26-20(27)16-5-2-3-6-17(16)21(26)28/h2-12,18-19H,13H2,1H3/t18-,19-/m0/s1. The van der Waals surface area contributed by atoms with Crippen LogP contribution in [-0.2, 0) is 0 Å². The lowest BCUT2D eigenvalue weighted by Gasteiger charge is -2.30. The van der Waals surface area contributed by atoms with Crippen molar-refractivity contribution in [2.75, 3.05) is 6.54 Å². The number of hydrogen-bond donors (Lipinski definition) is 0. The smallest absolute Gasteiger partial charge is 0.262 e. The second kappa shape index (κ2) is 7.94. The van der Waals surface area contributed by atoms with Crippen LogP contribution in [0.1, 0.15) is 42.6 Å². The summed E-state index contributed by atoms with van der Waals surface area (Å²) in [7, 11) is 0. The number of carbonyl (C=O) groups excluding carboxylic acids is 3. The van der Waals surface area contributed by atoms with E-state index >= 15 is 0 Å². The molecular weight excluding hydrogens is 400 g/mol. The maximum absolute atomic E-state index is 13.4. The monoisotopic (exact) mass is 418 g/mol. The Bertz CT molecular complexity index is 1140. The van der Waals surface area contributed by atoms with Gasteiger partial charge in [-0.15, -0.1) is 0 Å². The van der Waals surface area contributed by atoms with Crippen molar-refractivity contribution in [3.63, 3.8) is 0 Å². The fourth-order valence-corrected chi connectivity index (χ4v) is 3.84. The van der Waals surface area contributed by atoms with Crippen molar-refractivity contribution in [1.29, 1.82) is 0 Å². The molecule has 1 aliphatic rings. The molecule has 0 spiro atoms. The molecule has 3 aromatic rings. The van der Waals surface area contributed by atoms with Crippen molar-refractivity contribution in [2.45, 2.75) is 18.9 Å². The lowest BCUT2D eigenvalue weighted by atomic mass is 9.88. The summed E-state index contributed by atoms with van der Waals surface area (Å²) in [6.07, 6.45) is 2.84. The number of carbonyl (C=O) groups is 3. The highest BCUT2D eigenvalue weighted by molar-refractivity contribution is 6.21. The van der Waals surface area contributed by atoms with Gasteiger partial charge in [0.25, 0.3) is 17.7 Å². The highest BCUT2D eigenvalue weighted by Gasteiger charge is 2.47. The van der Waals surface area contributed by atoms with E-state index in [0.717, 1.165) is 15.1 Å². The number of nitrogens with zero attached hydrogens (tertiary/aromatic N) is 4. The van der Waals surface area contributed by atoms with Gasteiger partial charge in [0.1, 0.15) is 6.04 Å². The molecular formula is C22H18N4O5. The van der Waals surface area contributed by atoms with Crippen molar-refractivity contribution in [3.05, 3.63) is 99.4 Å². The van der Waals surface area contributed by atoms with E-state index in [0.29, 0.717) is 5.56 Å². The van der Waals surface area contributed by atoms with E-state index in [1.54, 1.807) is 42.5 Å². The molecule has 1 aliphatic heterocycles. The van der Waals surface area contributed by atoms with Crippen LogP contribution in [0.15, 0.2) is 67.0 Å². The molecule has 2 heterocycles. The summed E-state index contributed by atoms with van der Waals surface area (Å²) in [5, 5.41) is 15.5. The number of benzene rings is 2. The minimum absolute atomic E-state index is 0.162. The van der Waals surface area contributed by atoms with Crippen LogP contribution < -0.4 is 0 Å². The van der Waals surface area contributed by atoms with Crippen molar-refractivity contribution >= 4 is 17.7 Å². The fourth-order valence-electron chi connectivity index (χ4n) is 3.84. The van der Waals surface area contributed by atoms with Gasteiger partial charge in [-0.1, -0.05) is 42.0 Å². The van der Waals surface area contributed by atoms with Crippen molar-refractivity contribution in [2.24, 2.45) is 0 Å². The quantitative estimate of drug-likeness (QED) is 0.345. The summed E-state index contributed by atoms with van der Waals surface area (Å²) in [6, 6.07) is 13.3. The zero-order valence-corrected chi connectivity index (χ0v) is 16.5. The third-order valence-corrected chi connectivity index (χ3v) is 5.31.